The molecule has 53 valence electrons. The molecule has 0 spiro atoms. The van der Waals surface area contributed by atoms with Crippen LogP contribution in [0.25, 0.3) is 0 Å². The van der Waals surface area contributed by atoms with E-state index in [0.29, 0.717) is 5.56 Å². The Kier molecular flexibility index (Phi) is 2.65. The quantitative estimate of drug-likeness (QED) is 0.740. The predicted molar refractivity (Wildman–Crippen MR) is 39.4 cm³/mol. The Morgan fingerprint density at radius 2 is 2.10 bits per heavy atom. The van der Waals surface area contributed by atoms with Crippen molar-refractivity contribution in [3.63, 3.8) is 0 Å². The molecule has 0 aliphatic rings. The molecule has 0 aliphatic carbocycles. The van der Waals surface area contributed by atoms with Crippen molar-refractivity contribution in [2.24, 2.45) is 0 Å². The van der Waals surface area contributed by atoms with Gasteiger partial charge in [0.15, 0.2) is 0 Å². The molecule has 0 saturated heterocycles. The number of aromatic hydroxyl groups is 1. The summed E-state index contributed by atoms with van der Waals surface area (Å²) in [4.78, 5) is 0. The van der Waals surface area contributed by atoms with Crippen LogP contribution < -0.4 is 3.22 Å². The molecule has 1 rings (SSSR count). The Morgan fingerprint density at radius 3 is 2.60 bits per heavy atom. The van der Waals surface area contributed by atoms with Gasteiger partial charge in [-0.25, -0.2) is 0 Å². The van der Waals surface area contributed by atoms with Crippen molar-refractivity contribution in [1.29, 1.82) is 0 Å². The van der Waals surface area contributed by atoms with Crippen molar-refractivity contribution in [2.45, 2.75) is 6.61 Å². The monoisotopic (exact) mass is 332 g/mol. The van der Waals surface area contributed by atoms with Crippen molar-refractivity contribution >= 4 is 28.3 Å². The maximum atomic E-state index is 9.08. The molecule has 2 nitrogen and oxygen atoms in total. The summed E-state index contributed by atoms with van der Waals surface area (Å²) in [6, 6.07) is 5.24. The zero-order valence-electron chi connectivity index (χ0n) is 5.24. The maximum absolute atomic E-state index is 9.08. The second-order valence-corrected chi connectivity index (χ2v) is 3.78. The van der Waals surface area contributed by atoms with Gasteiger partial charge in [0, 0.05) is 0 Å². The van der Waals surface area contributed by atoms with Gasteiger partial charge in [0.2, 0.25) is 0 Å². The molecule has 10 heavy (non-hydrogen) atoms. The van der Waals surface area contributed by atoms with Gasteiger partial charge in [-0.2, -0.15) is 0 Å². The Labute approximate surface area is 74.6 Å². The fourth-order valence-electron chi connectivity index (χ4n) is 0.689. The average Bonchev–Trinajstić information content (AvgIpc) is 1.94. The number of hydrogen-bond acceptors (Lipinski definition) is 2. The van der Waals surface area contributed by atoms with Crippen molar-refractivity contribution in [3.05, 3.63) is 23.8 Å². The number of aliphatic hydroxyl groups excluding tert-OH is 1. The molecule has 0 aliphatic heterocycles. The van der Waals surface area contributed by atoms with Crippen LogP contribution in [0.5, 0.6) is 5.75 Å². The number of hydrogen-bond donors (Lipinski definition) is 2. The first-order chi connectivity index (χ1) is 4.74. The van der Waals surface area contributed by atoms with E-state index in [2.05, 4.69) is 0 Å². The Balaban J connectivity index is 3.09. The summed E-state index contributed by atoms with van der Waals surface area (Å²) in [5.41, 5.74) is 0.604. The second kappa shape index (κ2) is 3.32. The Bertz CT molecular complexity index is 235. The average molecular weight is 332 g/mol. The van der Waals surface area contributed by atoms with Crippen molar-refractivity contribution in [2.75, 3.05) is 0 Å². The number of aliphatic hydroxyl groups is 1. The normalized spacial score (nSPS) is 9.70. The molecule has 0 unspecified atom stereocenters. The van der Waals surface area contributed by atoms with Gasteiger partial charge in [-0.15, -0.1) is 0 Å². The van der Waals surface area contributed by atoms with E-state index < -0.39 is 0 Å². The SMILES string of the molecule is OCc1c[c]([Po])ccc1O. The van der Waals surface area contributed by atoms with Crippen LogP contribution >= 0.6 is 0 Å². The van der Waals surface area contributed by atoms with E-state index >= 15 is 0 Å². The molecule has 3 heteroatoms. The van der Waals surface area contributed by atoms with Crippen LogP contribution in [0.4, 0.5) is 0 Å². The molecular formula is C7H7O2Po. The summed E-state index contributed by atoms with van der Waals surface area (Å²) < 4.78 is 1.13. The van der Waals surface area contributed by atoms with Gasteiger partial charge in [-0.3, -0.25) is 0 Å². The number of benzene rings is 1. The molecule has 0 saturated carbocycles. The first-order valence-electron chi connectivity index (χ1n) is 2.84. The minimum atomic E-state index is -0.0903. The topological polar surface area (TPSA) is 40.5 Å². The minimum absolute atomic E-state index is 0.0903. The summed E-state index contributed by atoms with van der Waals surface area (Å²) in [5.74, 6) is 0.174. The van der Waals surface area contributed by atoms with Gasteiger partial charge < -0.3 is 0 Å². The molecule has 0 fully saturated rings. The van der Waals surface area contributed by atoms with E-state index in [1.165, 1.54) is 25.1 Å². The van der Waals surface area contributed by atoms with Crippen LogP contribution in [0, 0.1) is 0 Å². The molecule has 1 radical (unpaired) electrons. The second-order valence-electron chi connectivity index (χ2n) is 1.95. The summed E-state index contributed by atoms with van der Waals surface area (Å²) in [7, 11) is 0. The Hall–Kier alpha value is -0.124. The van der Waals surface area contributed by atoms with Crippen LogP contribution in [0.2, 0.25) is 0 Å². The third-order valence-electron chi connectivity index (χ3n) is 1.22. The van der Waals surface area contributed by atoms with E-state index in [4.69, 9.17) is 10.2 Å². The van der Waals surface area contributed by atoms with Crippen LogP contribution in [0.3, 0.4) is 0 Å². The number of phenols is 1. The molecule has 0 amide bonds. The van der Waals surface area contributed by atoms with E-state index in [-0.39, 0.29) is 12.4 Å². The standard InChI is InChI=1S/C7H7O2.Po/c8-5-6-3-1-2-4-7(6)9;/h2-4,8-9H,5H2;. The van der Waals surface area contributed by atoms with Gasteiger partial charge in [0.1, 0.15) is 0 Å². The van der Waals surface area contributed by atoms with Crippen LogP contribution in [-0.2, 0) is 6.61 Å². The third kappa shape index (κ3) is 1.68. The summed E-state index contributed by atoms with van der Waals surface area (Å²) in [6.45, 7) is -0.0903. The van der Waals surface area contributed by atoms with Crippen LogP contribution in [0.15, 0.2) is 18.2 Å². The molecule has 2 N–H and O–H groups in total. The molecule has 1 aromatic rings. The van der Waals surface area contributed by atoms with E-state index in [0.717, 1.165) is 3.22 Å². The van der Waals surface area contributed by atoms with Gasteiger partial charge in [-0.1, -0.05) is 0 Å². The molecular weight excluding hydrogens is 325 g/mol. The molecule has 0 bridgehead atoms. The van der Waals surface area contributed by atoms with Gasteiger partial charge >= 0.3 is 74.6 Å². The van der Waals surface area contributed by atoms with Crippen LogP contribution in [-0.4, -0.2) is 35.3 Å². The summed E-state index contributed by atoms with van der Waals surface area (Å²) in [5, 5.41) is 17.8. The first kappa shape index (κ1) is 7.98. The number of rotatable bonds is 1. The van der Waals surface area contributed by atoms with Gasteiger partial charge in [0.05, 0.1) is 0 Å². The van der Waals surface area contributed by atoms with E-state index in [9.17, 15) is 0 Å². The van der Waals surface area contributed by atoms with Crippen molar-refractivity contribution < 1.29 is 10.2 Å². The molecule has 1 aromatic carbocycles. The third-order valence-corrected chi connectivity index (χ3v) is 2.21. The molecule has 0 aromatic heterocycles. The first-order valence-corrected chi connectivity index (χ1v) is 4.42. The summed E-state index contributed by atoms with van der Waals surface area (Å²) in [6.07, 6.45) is 0. The van der Waals surface area contributed by atoms with Crippen molar-refractivity contribution in [3.8, 4) is 5.75 Å². The fraction of sp³-hybridized carbons (Fsp3) is 0.143. The van der Waals surface area contributed by atoms with Crippen LogP contribution in [0.1, 0.15) is 5.56 Å². The zero-order chi connectivity index (χ0) is 7.56. The van der Waals surface area contributed by atoms with Gasteiger partial charge in [0.25, 0.3) is 0 Å². The predicted octanol–water partition coefficient (Wildman–Crippen LogP) is -0.322. The zero-order valence-corrected chi connectivity index (χ0v) is 8.42. The Morgan fingerprint density at radius 1 is 1.40 bits per heavy atom. The van der Waals surface area contributed by atoms with Crippen molar-refractivity contribution in [1.82, 2.24) is 0 Å². The summed E-state index contributed by atoms with van der Waals surface area (Å²) >= 11 is 1.34. The van der Waals surface area contributed by atoms with E-state index in [1.54, 1.807) is 12.1 Å². The van der Waals surface area contributed by atoms with Gasteiger partial charge in [-0.05, 0) is 0 Å². The molecule has 0 heterocycles. The van der Waals surface area contributed by atoms with E-state index in [1.807, 2.05) is 6.07 Å². The fourth-order valence-corrected chi connectivity index (χ4v) is 1.51. The molecule has 0 atom stereocenters.